The lowest BCUT2D eigenvalue weighted by atomic mass is 10.2. The van der Waals surface area contributed by atoms with E-state index in [-0.39, 0.29) is 27.9 Å². The largest absolute Gasteiger partial charge is 0.334 e. The number of imidazole rings is 1. The Bertz CT molecular complexity index is 892. The van der Waals surface area contributed by atoms with Crippen LogP contribution in [-0.4, -0.2) is 29.8 Å². The molecule has 0 radical (unpaired) electrons. The Morgan fingerprint density at radius 1 is 1.36 bits per heavy atom. The Hall–Kier alpha value is -2.00. The number of nitrogens with one attached hydrogen (secondary N) is 1. The highest BCUT2D eigenvalue weighted by atomic mass is 35.5. The zero-order chi connectivity index (χ0) is 18.8. The van der Waals surface area contributed by atoms with E-state index in [1.807, 2.05) is 4.72 Å². The van der Waals surface area contributed by atoms with Crippen molar-refractivity contribution in [2.75, 3.05) is 0 Å². The monoisotopic (exact) mass is 391 g/mol. The van der Waals surface area contributed by atoms with E-state index < -0.39 is 28.3 Å². The molecule has 10 heteroatoms. The normalized spacial score (nSPS) is 12.2. The Balaban J connectivity index is 2.19. The van der Waals surface area contributed by atoms with Gasteiger partial charge in [0.1, 0.15) is 10.6 Å². The van der Waals surface area contributed by atoms with E-state index in [1.165, 1.54) is 36.0 Å². The highest BCUT2D eigenvalue weighted by Gasteiger charge is 2.25. The summed E-state index contributed by atoms with van der Waals surface area (Å²) in [6, 6.07) is 5.66. The molecular weight excluding hydrogens is 376 g/mol. The molecule has 0 spiro atoms. The number of carbonyl (C=O) groups is 1. The van der Waals surface area contributed by atoms with Gasteiger partial charge in [-0.1, -0.05) is 23.7 Å². The molecule has 0 aliphatic carbocycles. The van der Waals surface area contributed by atoms with Gasteiger partial charge < -0.3 is 4.57 Å². The van der Waals surface area contributed by atoms with Crippen LogP contribution in [0.4, 0.5) is 8.78 Å². The van der Waals surface area contributed by atoms with Crippen molar-refractivity contribution in [2.24, 2.45) is 0 Å². The van der Waals surface area contributed by atoms with Crippen LogP contribution in [0.5, 0.6) is 0 Å². The SMILES string of the molecule is Cc1c(C(=O)NS(=O)(=O)c2ccccc2Cl)ncn1CCC(C)(F)F. The number of amides is 1. The number of aromatic nitrogens is 2. The van der Waals surface area contributed by atoms with Crippen LogP contribution in [0, 0.1) is 6.92 Å². The van der Waals surface area contributed by atoms with Crippen molar-refractivity contribution >= 4 is 27.5 Å². The maximum absolute atomic E-state index is 12.9. The first-order chi connectivity index (χ1) is 11.5. The minimum Gasteiger partial charge on any atom is -0.334 e. The van der Waals surface area contributed by atoms with Gasteiger partial charge in [-0.3, -0.25) is 4.79 Å². The summed E-state index contributed by atoms with van der Waals surface area (Å²) in [5.41, 5.74) is 0.131. The van der Waals surface area contributed by atoms with Crippen LogP contribution in [-0.2, 0) is 16.6 Å². The number of hydrogen-bond donors (Lipinski definition) is 1. The van der Waals surface area contributed by atoms with Gasteiger partial charge in [-0.25, -0.2) is 26.9 Å². The molecule has 6 nitrogen and oxygen atoms in total. The van der Waals surface area contributed by atoms with E-state index in [4.69, 9.17) is 11.6 Å². The van der Waals surface area contributed by atoms with Gasteiger partial charge in [-0.15, -0.1) is 0 Å². The fourth-order valence-electron chi connectivity index (χ4n) is 2.10. The second-order valence-corrected chi connectivity index (χ2v) is 7.62. The Kier molecular flexibility index (Phi) is 5.48. The molecule has 0 saturated carbocycles. The second-order valence-electron chi connectivity index (χ2n) is 5.56. The molecule has 0 aliphatic rings. The zero-order valence-electron chi connectivity index (χ0n) is 13.5. The van der Waals surface area contributed by atoms with Crippen LogP contribution in [0.1, 0.15) is 29.5 Å². The Morgan fingerprint density at radius 2 is 2.00 bits per heavy atom. The van der Waals surface area contributed by atoms with Crippen molar-refractivity contribution in [2.45, 2.75) is 37.6 Å². The van der Waals surface area contributed by atoms with E-state index in [1.54, 1.807) is 6.07 Å². The fourth-order valence-corrected chi connectivity index (χ4v) is 3.57. The third kappa shape index (κ3) is 4.76. The molecule has 1 aromatic heterocycles. The molecule has 0 fully saturated rings. The molecule has 0 saturated heterocycles. The van der Waals surface area contributed by atoms with Gasteiger partial charge >= 0.3 is 0 Å². The highest BCUT2D eigenvalue weighted by molar-refractivity contribution is 7.90. The number of sulfonamides is 1. The topological polar surface area (TPSA) is 81.1 Å². The summed E-state index contributed by atoms with van der Waals surface area (Å²) in [6.45, 7) is 2.24. The number of nitrogens with zero attached hydrogens (tertiary/aromatic N) is 2. The van der Waals surface area contributed by atoms with E-state index >= 15 is 0 Å². The number of carbonyl (C=O) groups excluding carboxylic acids is 1. The lowest BCUT2D eigenvalue weighted by molar-refractivity contribution is 0.00858. The van der Waals surface area contributed by atoms with Gasteiger partial charge in [0.05, 0.1) is 11.3 Å². The lowest BCUT2D eigenvalue weighted by Crippen LogP contribution is -2.31. The van der Waals surface area contributed by atoms with Crippen LogP contribution in [0.2, 0.25) is 5.02 Å². The van der Waals surface area contributed by atoms with E-state index in [9.17, 15) is 22.0 Å². The first-order valence-electron chi connectivity index (χ1n) is 7.22. The fraction of sp³-hybridized carbons (Fsp3) is 0.333. The van der Waals surface area contributed by atoms with Gasteiger partial charge in [0.25, 0.3) is 15.9 Å². The average Bonchev–Trinajstić information content (AvgIpc) is 2.85. The molecule has 0 unspecified atom stereocenters. The van der Waals surface area contributed by atoms with Gasteiger partial charge in [0, 0.05) is 18.7 Å². The molecule has 1 aromatic carbocycles. The quantitative estimate of drug-likeness (QED) is 0.820. The highest BCUT2D eigenvalue weighted by Crippen LogP contribution is 2.21. The minimum atomic E-state index is -4.18. The third-order valence-electron chi connectivity index (χ3n) is 3.46. The number of hydrogen-bond acceptors (Lipinski definition) is 4. The number of benzene rings is 1. The molecular formula is C15H16ClF2N3O3S. The van der Waals surface area contributed by atoms with Crippen molar-refractivity contribution in [3.63, 3.8) is 0 Å². The summed E-state index contributed by atoms with van der Waals surface area (Å²) >= 11 is 5.84. The zero-order valence-corrected chi connectivity index (χ0v) is 15.0. The molecule has 0 aliphatic heterocycles. The van der Waals surface area contributed by atoms with Gasteiger partial charge in [0.2, 0.25) is 5.92 Å². The van der Waals surface area contributed by atoms with E-state index in [0.29, 0.717) is 0 Å². The minimum absolute atomic E-state index is 0.0322. The summed E-state index contributed by atoms with van der Waals surface area (Å²) in [4.78, 5) is 15.8. The lowest BCUT2D eigenvalue weighted by Gasteiger charge is -2.11. The summed E-state index contributed by atoms with van der Waals surface area (Å²) in [7, 11) is -4.18. The number of alkyl halides is 2. The molecule has 1 heterocycles. The molecule has 136 valence electrons. The molecule has 2 rings (SSSR count). The number of aryl methyl sites for hydroxylation is 1. The molecule has 0 atom stereocenters. The van der Waals surface area contributed by atoms with E-state index in [2.05, 4.69) is 4.98 Å². The van der Waals surface area contributed by atoms with Crippen molar-refractivity contribution in [3.8, 4) is 0 Å². The van der Waals surface area contributed by atoms with Gasteiger partial charge in [0.15, 0.2) is 0 Å². The smallest absolute Gasteiger partial charge is 0.285 e. The molecule has 2 aromatic rings. The molecule has 25 heavy (non-hydrogen) atoms. The third-order valence-corrected chi connectivity index (χ3v) is 5.29. The Labute approximate surface area is 148 Å². The maximum atomic E-state index is 12.9. The van der Waals surface area contributed by atoms with Crippen molar-refractivity contribution in [1.29, 1.82) is 0 Å². The van der Waals surface area contributed by atoms with Crippen LogP contribution < -0.4 is 4.72 Å². The Morgan fingerprint density at radius 3 is 2.60 bits per heavy atom. The number of rotatable bonds is 6. The predicted molar refractivity (Wildman–Crippen MR) is 88.3 cm³/mol. The second kappa shape index (κ2) is 7.09. The van der Waals surface area contributed by atoms with Crippen molar-refractivity contribution in [1.82, 2.24) is 14.3 Å². The average molecular weight is 392 g/mol. The standard InChI is InChI=1S/C15H16ClF2N3O3S/c1-10-13(19-9-21(10)8-7-15(2,17)18)14(22)20-25(23,24)12-6-4-3-5-11(12)16/h3-6,9H,7-8H2,1-2H3,(H,20,22). The van der Waals surface area contributed by atoms with Crippen molar-refractivity contribution in [3.05, 3.63) is 47.0 Å². The number of halogens is 3. The summed E-state index contributed by atoms with van der Waals surface area (Å²) in [5.74, 6) is -3.81. The van der Waals surface area contributed by atoms with Crippen LogP contribution in [0.25, 0.3) is 0 Å². The van der Waals surface area contributed by atoms with Crippen molar-refractivity contribution < 1.29 is 22.0 Å². The molecule has 1 N–H and O–H groups in total. The van der Waals surface area contributed by atoms with Crippen LogP contribution >= 0.6 is 11.6 Å². The van der Waals surface area contributed by atoms with Gasteiger partial charge in [-0.05, 0) is 26.0 Å². The summed E-state index contributed by atoms with van der Waals surface area (Å²) in [6.07, 6.45) is 0.793. The maximum Gasteiger partial charge on any atom is 0.285 e. The molecule has 1 amide bonds. The summed E-state index contributed by atoms with van der Waals surface area (Å²) in [5, 5.41) is -0.0322. The predicted octanol–water partition coefficient (Wildman–Crippen LogP) is 3.01. The summed E-state index contributed by atoms with van der Waals surface area (Å²) < 4.78 is 53.7. The van der Waals surface area contributed by atoms with E-state index in [0.717, 1.165) is 6.92 Å². The van der Waals surface area contributed by atoms with Crippen LogP contribution in [0.3, 0.4) is 0 Å². The van der Waals surface area contributed by atoms with Gasteiger partial charge in [-0.2, -0.15) is 0 Å². The first kappa shape index (κ1) is 19.3. The first-order valence-corrected chi connectivity index (χ1v) is 9.08. The molecule has 0 bridgehead atoms. The van der Waals surface area contributed by atoms with Crippen LogP contribution in [0.15, 0.2) is 35.5 Å².